The molecule has 0 amide bonds. The van der Waals surface area contributed by atoms with E-state index in [1.54, 1.807) is 0 Å². The predicted molar refractivity (Wildman–Crippen MR) is 85.0 cm³/mol. The number of hydrogen-bond acceptors (Lipinski definition) is 3. The van der Waals surface area contributed by atoms with Crippen LogP contribution in [0.2, 0.25) is 0 Å². The molecule has 18 heavy (non-hydrogen) atoms. The fraction of sp³-hybridized carbons (Fsp3) is 0.571. The maximum atomic E-state index is 6.18. The minimum atomic E-state index is 0.742. The molecule has 2 aliphatic rings. The summed E-state index contributed by atoms with van der Waals surface area (Å²) in [7, 11) is 0. The summed E-state index contributed by atoms with van der Waals surface area (Å²) in [5.74, 6) is 0. The highest BCUT2D eigenvalue weighted by molar-refractivity contribution is 14.1. The summed E-state index contributed by atoms with van der Waals surface area (Å²) >= 11 is 2.32. The Labute approximate surface area is 122 Å². The molecule has 0 aromatic heterocycles. The summed E-state index contributed by atoms with van der Waals surface area (Å²) in [5, 5.41) is 0. The zero-order valence-corrected chi connectivity index (χ0v) is 12.8. The molecule has 1 aromatic rings. The predicted octanol–water partition coefficient (Wildman–Crippen LogP) is 2.55. The van der Waals surface area contributed by atoms with E-state index in [0.29, 0.717) is 0 Å². The topological polar surface area (TPSA) is 32.5 Å². The molecule has 2 N–H and O–H groups in total. The van der Waals surface area contributed by atoms with E-state index in [-0.39, 0.29) is 0 Å². The highest BCUT2D eigenvalue weighted by atomic mass is 127. The van der Waals surface area contributed by atoms with E-state index in [9.17, 15) is 0 Å². The maximum Gasteiger partial charge on any atom is 0.0601 e. The van der Waals surface area contributed by atoms with E-state index in [0.717, 1.165) is 24.8 Å². The first-order valence-electron chi connectivity index (χ1n) is 6.78. The Morgan fingerprint density at radius 2 is 2.00 bits per heavy atom. The molecule has 1 aromatic carbocycles. The molecule has 4 heteroatoms. The molecule has 2 fully saturated rings. The second-order valence-corrected chi connectivity index (χ2v) is 6.58. The largest absolute Gasteiger partial charge is 0.397 e. The molecule has 0 spiro atoms. The molecule has 0 saturated carbocycles. The minimum Gasteiger partial charge on any atom is -0.397 e. The summed E-state index contributed by atoms with van der Waals surface area (Å²) in [4.78, 5) is 5.14. The van der Waals surface area contributed by atoms with Crippen LogP contribution in [0.5, 0.6) is 0 Å². The van der Waals surface area contributed by atoms with Crippen molar-refractivity contribution in [1.29, 1.82) is 0 Å². The molecule has 3 nitrogen and oxygen atoms in total. The molecule has 0 bridgehead atoms. The number of nitrogens with zero attached hydrogens (tertiary/aromatic N) is 2. The molecule has 2 aliphatic heterocycles. The van der Waals surface area contributed by atoms with Crippen LogP contribution in [-0.2, 0) is 0 Å². The van der Waals surface area contributed by atoms with Crippen LogP contribution in [0.4, 0.5) is 11.4 Å². The summed E-state index contributed by atoms with van der Waals surface area (Å²) in [6.45, 7) is 4.83. The van der Waals surface area contributed by atoms with Crippen molar-refractivity contribution < 1.29 is 0 Å². The van der Waals surface area contributed by atoms with E-state index >= 15 is 0 Å². The third-order valence-electron chi connectivity index (χ3n) is 4.13. The standard InChI is InChI=1S/C14H20IN3/c15-11-4-5-14(13(16)9-11)18-8-2-7-17-6-1-3-12(17)10-18/h4-5,9,12H,1-3,6-8,10,16H2. The fourth-order valence-corrected chi connectivity index (χ4v) is 3.75. The van der Waals surface area contributed by atoms with E-state index in [1.807, 2.05) is 0 Å². The van der Waals surface area contributed by atoms with Gasteiger partial charge in [-0.1, -0.05) is 0 Å². The monoisotopic (exact) mass is 357 g/mol. The van der Waals surface area contributed by atoms with Crippen LogP contribution in [0.15, 0.2) is 18.2 Å². The summed E-state index contributed by atoms with van der Waals surface area (Å²) in [5.41, 5.74) is 8.33. The first-order chi connectivity index (χ1) is 8.74. The van der Waals surface area contributed by atoms with Crippen LogP contribution in [0.3, 0.4) is 0 Å². The van der Waals surface area contributed by atoms with Crippen molar-refractivity contribution in [2.24, 2.45) is 0 Å². The molecule has 98 valence electrons. The van der Waals surface area contributed by atoms with Crippen molar-refractivity contribution in [3.8, 4) is 0 Å². The van der Waals surface area contributed by atoms with Crippen molar-refractivity contribution in [3.05, 3.63) is 21.8 Å². The highest BCUT2D eigenvalue weighted by Gasteiger charge is 2.29. The van der Waals surface area contributed by atoms with Crippen LogP contribution < -0.4 is 10.6 Å². The summed E-state index contributed by atoms with van der Waals surface area (Å²) in [6.07, 6.45) is 3.96. The molecule has 1 atom stereocenters. The molecule has 2 heterocycles. The Morgan fingerprint density at radius 1 is 1.17 bits per heavy atom. The first kappa shape index (κ1) is 12.5. The van der Waals surface area contributed by atoms with Crippen LogP contribution in [0, 0.1) is 3.57 Å². The minimum absolute atomic E-state index is 0.742. The first-order valence-corrected chi connectivity index (χ1v) is 7.86. The number of nitrogen functional groups attached to an aromatic ring is 1. The van der Waals surface area contributed by atoms with Crippen molar-refractivity contribution in [2.45, 2.75) is 25.3 Å². The number of rotatable bonds is 1. The number of benzene rings is 1. The van der Waals surface area contributed by atoms with Gasteiger partial charge in [-0.15, -0.1) is 0 Å². The van der Waals surface area contributed by atoms with E-state index in [2.05, 4.69) is 50.6 Å². The smallest absolute Gasteiger partial charge is 0.0601 e. The van der Waals surface area contributed by atoms with Gasteiger partial charge in [-0.05, 0) is 66.6 Å². The Balaban J connectivity index is 1.82. The lowest BCUT2D eigenvalue weighted by atomic mass is 10.2. The zero-order chi connectivity index (χ0) is 12.5. The van der Waals surface area contributed by atoms with Gasteiger partial charge in [0.25, 0.3) is 0 Å². The molecular weight excluding hydrogens is 337 g/mol. The lowest BCUT2D eigenvalue weighted by molar-refractivity contribution is 0.273. The molecular formula is C14H20IN3. The van der Waals surface area contributed by atoms with Gasteiger partial charge in [-0.3, -0.25) is 4.90 Å². The Morgan fingerprint density at radius 3 is 2.83 bits per heavy atom. The molecule has 0 radical (unpaired) electrons. The van der Waals surface area contributed by atoms with Crippen LogP contribution >= 0.6 is 22.6 Å². The van der Waals surface area contributed by atoms with E-state index < -0.39 is 0 Å². The van der Waals surface area contributed by atoms with Gasteiger partial charge in [-0.25, -0.2) is 0 Å². The fourth-order valence-electron chi connectivity index (χ4n) is 3.24. The highest BCUT2D eigenvalue weighted by Crippen LogP contribution is 2.29. The van der Waals surface area contributed by atoms with E-state index in [4.69, 9.17) is 5.73 Å². The van der Waals surface area contributed by atoms with Crippen molar-refractivity contribution >= 4 is 34.0 Å². The van der Waals surface area contributed by atoms with Crippen LogP contribution in [0.25, 0.3) is 0 Å². The zero-order valence-electron chi connectivity index (χ0n) is 10.6. The summed E-state index contributed by atoms with van der Waals surface area (Å²) in [6, 6.07) is 7.16. The van der Waals surface area contributed by atoms with Crippen molar-refractivity contribution in [2.75, 3.05) is 36.8 Å². The van der Waals surface area contributed by atoms with Gasteiger partial charge < -0.3 is 10.6 Å². The average Bonchev–Trinajstić information content (AvgIpc) is 2.67. The normalized spacial score (nSPS) is 24.9. The van der Waals surface area contributed by atoms with Gasteiger partial charge in [0.1, 0.15) is 0 Å². The van der Waals surface area contributed by atoms with Crippen LogP contribution in [-0.4, -0.2) is 37.1 Å². The number of fused-ring (bicyclic) bond motifs is 1. The second kappa shape index (κ2) is 5.25. The Hall–Kier alpha value is -0.490. The Kier molecular flexibility index (Phi) is 3.66. The maximum absolute atomic E-state index is 6.18. The molecule has 0 aliphatic carbocycles. The van der Waals surface area contributed by atoms with Crippen molar-refractivity contribution in [3.63, 3.8) is 0 Å². The number of hydrogen-bond donors (Lipinski definition) is 1. The average molecular weight is 357 g/mol. The quantitative estimate of drug-likeness (QED) is 0.619. The summed E-state index contributed by atoms with van der Waals surface area (Å²) < 4.78 is 1.21. The van der Waals surface area contributed by atoms with Gasteiger partial charge >= 0.3 is 0 Å². The van der Waals surface area contributed by atoms with Gasteiger partial charge in [-0.2, -0.15) is 0 Å². The van der Waals surface area contributed by atoms with Gasteiger partial charge in [0.2, 0.25) is 0 Å². The number of halogens is 1. The third-order valence-corrected chi connectivity index (χ3v) is 4.80. The van der Waals surface area contributed by atoms with Gasteiger partial charge in [0, 0.05) is 29.2 Å². The van der Waals surface area contributed by atoms with Gasteiger partial charge in [0.15, 0.2) is 0 Å². The van der Waals surface area contributed by atoms with Crippen molar-refractivity contribution in [1.82, 2.24) is 4.90 Å². The lowest BCUT2D eigenvalue weighted by Gasteiger charge is -2.28. The number of nitrogens with two attached hydrogens (primary N) is 1. The molecule has 1 unspecified atom stereocenters. The van der Waals surface area contributed by atoms with Crippen LogP contribution in [0.1, 0.15) is 19.3 Å². The lowest BCUT2D eigenvalue weighted by Crippen LogP contribution is -2.36. The van der Waals surface area contributed by atoms with Gasteiger partial charge in [0.05, 0.1) is 11.4 Å². The second-order valence-electron chi connectivity index (χ2n) is 5.33. The molecule has 3 rings (SSSR count). The van der Waals surface area contributed by atoms with E-state index in [1.165, 1.54) is 41.6 Å². The SMILES string of the molecule is Nc1cc(I)ccc1N1CCCN2CCCC2C1. The Bertz CT molecular complexity index is 435. The number of anilines is 2. The third kappa shape index (κ3) is 2.45. The molecule has 2 saturated heterocycles.